The summed E-state index contributed by atoms with van der Waals surface area (Å²) in [5.41, 5.74) is 2.03. The lowest BCUT2D eigenvalue weighted by atomic mass is 9.94. The van der Waals surface area contributed by atoms with Crippen molar-refractivity contribution < 1.29 is 14.7 Å². The second kappa shape index (κ2) is 6.65. The highest BCUT2D eigenvalue weighted by molar-refractivity contribution is 7.98. The summed E-state index contributed by atoms with van der Waals surface area (Å²) < 4.78 is 0. The van der Waals surface area contributed by atoms with E-state index in [9.17, 15) is 14.7 Å². The molecule has 0 unspecified atom stereocenters. The van der Waals surface area contributed by atoms with Crippen molar-refractivity contribution in [2.24, 2.45) is 0 Å². The summed E-state index contributed by atoms with van der Waals surface area (Å²) in [5, 5.41) is 12.1. The molecule has 1 heterocycles. The van der Waals surface area contributed by atoms with Gasteiger partial charge in [0.05, 0.1) is 0 Å². The molecule has 108 valence electrons. The first-order chi connectivity index (χ1) is 9.63. The van der Waals surface area contributed by atoms with Crippen LogP contribution < -0.4 is 5.32 Å². The molecule has 0 aromatic heterocycles. The monoisotopic (exact) mass is 294 g/mol. The molecule has 0 saturated heterocycles. The number of fused-ring (bicyclic) bond motifs is 1. The summed E-state index contributed by atoms with van der Waals surface area (Å²) in [6, 6.07) is 6.57. The summed E-state index contributed by atoms with van der Waals surface area (Å²) in [7, 11) is 0. The Morgan fingerprint density at radius 1 is 1.40 bits per heavy atom. The van der Waals surface area contributed by atoms with Crippen molar-refractivity contribution >= 4 is 23.8 Å². The van der Waals surface area contributed by atoms with Gasteiger partial charge in [0.15, 0.2) is 0 Å². The third kappa shape index (κ3) is 3.25. The van der Waals surface area contributed by atoms with Crippen molar-refractivity contribution in [1.29, 1.82) is 0 Å². The van der Waals surface area contributed by atoms with E-state index in [0.29, 0.717) is 19.5 Å². The molecule has 0 radical (unpaired) electrons. The van der Waals surface area contributed by atoms with Crippen molar-refractivity contribution in [3.8, 4) is 0 Å². The van der Waals surface area contributed by atoms with E-state index in [2.05, 4.69) is 5.32 Å². The highest BCUT2D eigenvalue weighted by Gasteiger charge is 2.34. The number of carboxylic acids is 1. The van der Waals surface area contributed by atoms with Gasteiger partial charge in [0.1, 0.15) is 6.04 Å². The van der Waals surface area contributed by atoms with E-state index >= 15 is 0 Å². The molecule has 1 atom stereocenters. The van der Waals surface area contributed by atoms with Crippen LogP contribution in [0.3, 0.4) is 0 Å². The topological polar surface area (TPSA) is 69.6 Å². The molecule has 1 aliphatic heterocycles. The SMILES string of the molecule is CSCCNC(=O)N1Cc2ccccc2C[C@@H]1C(=O)O. The Hall–Kier alpha value is -1.69. The molecule has 1 aliphatic rings. The van der Waals surface area contributed by atoms with Gasteiger partial charge in [-0.1, -0.05) is 24.3 Å². The number of aliphatic carboxylic acids is 1. The zero-order valence-corrected chi connectivity index (χ0v) is 12.2. The Bertz CT molecular complexity index is 507. The number of nitrogens with one attached hydrogen (secondary N) is 1. The molecule has 1 aromatic carbocycles. The quantitative estimate of drug-likeness (QED) is 0.827. The summed E-state index contributed by atoms with van der Waals surface area (Å²) in [6.45, 7) is 0.892. The third-order valence-corrected chi connectivity index (χ3v) is 3.99. The molecule has 2 N–H and O–H groups in total. The largest absolute Gasteiger partial charge is 0.480 e. The summed E-state index contributed by atoms with van der Waals surface area (Å²) >= 11 is 1.64. The zero-order valence-electron chi connectivity index (χ0n) is 11.3. The molecular weight excluding hydrogens is 276 g/mol. The van der Waals surface area contributed by atoms with Crippen LogP contribution in [-0.2, 0) is 17.8 Å². The van der Waals surface area contributed by atoms with Gasteiger partial charge in [-0.05, 0) is 17.4 Å². The maximum absolute atomic E-state index is 12.1. The number of amides is 2. The van der Waals surface area contributed by atoms with Crippen LogP contribution in [0.4, 0.5) is 4.79 Å². The van der Waals surface area contributed by atoms with E-state index in [1.807, 2.05) is 30.5 Å². The number of urea groups is 1. The Labute approximate surface area is 122 Å². The first-order valence-electron chi connectivity index (χ1n) is 6.46. The normalized spacial score (nSPS) is 17.4. The molecule has 1 aromatic rings. The van der Waals surface area contributed by atoms with Crippen LogP contribution in [0.25, 0.3) is 0 Å². The van der Waals surface area contributed by atoms with Gasteiger partial charge in [0.2, 0.25) is 0 Å². The van der Waals surface area contributed by atoms with Crippen molar-refractivity contribution in [3.05, 3.63) is 35.4 Å². The molecular formula is C14H18N2O3S. The number of benzene rings is 1. The standard InChI is InChI=1S/C14H18N2O3S/c1-20-7-6-15-14(19)16-9-11-5-3-2-4-10(11)8-12(16)13(17)18/h2-5,12H,6-9H2,1H3,(H,15,19)(H,17,18)/t12-/m1/s1. The van der Waals surface area contributed by atoms with Crippen LogP contribution in [-0.4, -0.2) is 46.6 Å². The van der Waals surface area contributed by atoms with Gasteiger partial charge in [-0.2, -0.15) is 11.8 Å². The van der Waals surface area contributed by atoms with Gasteiger partial charge in [-0.3, -0.25) is 0 Å². The minimum atomic E-state index is -0.959. The molecule has 2 amide bonds. The number of carbonyl (C=O) groups excluding carboxylic acids is 1. The summed E-state index contributed by atoms with van der Waals surface area (Å²) in [6.07, 6.45) is 2.32. The minimum Gasteiger partial charge on any atom is -0.480 e. The molecule has 20 heavy (non-hydrogen) atoms. The van der Waals surface area contributed by atoms with E-state index in [-0.39, 0.29) is 6.03 Å². The van der Waals surface area contributed by atoms with Gasteiger partial charge in [-0.15, -0.1) is 0 Å². The van der Waals surface area contributed by atoms with Crippen LogP contribution in [0.15, 0.2) is 24.3 Å². The minimum absolute atomic E-state index is 0.305. The maximum Gasteiger partial charge on any atom is 0.326 e. The Balaban J connectivity index is 2.13. The van der Waals surface area contributed by atoms with Crippen LogP contribution in [0.1, 0.15) is 11.1 Å². The fourth-order valence-corrected chi connectivity index (χ4v) is 2.62. The smallest absolute Gasteiger partial charge is 0.326 e. The predicted molar refractivity (Wildman–Crippen MR) is 78.9 cm³/mol. The molecule has 0 fully saturated rings. The zero-order chi connectivity index (χ0) is 14.5. The van der Waals surface area contributed by atoms with Gasteiger partial charge in [-0.25, -0.2) is 9.59 Å². The number of hydrogen-bond donors (Lipinski definition) is 2. The van der Waals surface area contributed by atoms with Gasteiger partial charge < -0.3 is 15.3 Å². The number of hydrogen-bond acceptors (Lipinski definition) is 3. The lowest BCUT2D eigenvalue weighted by Gasteiger charge is -2.34. The number of nitrogens with zero attached hydrogens (tertiary/aromatic N) is 1. The highest BCUT2D eigenvalue weighted by atomic mass is 32.2. The Morgan fingerprint density at radius 3 is 2.75 bits per heavy atom. The Kier molecular flexibility index (Phi) is 4.89. The lowest BCUT2D eigenvalue weighted by Crippen LogP contribution is -2.52. The van der Waals surface area contributed by atoms with Crippen LogP contribution in [0.5, 0.6) is 0 Å². The predicted octanol–water partition coefficient (Wildman–Crippen LogP) is 1.57. The van der Waals surface area contributed by atoms with Crippen molar-refractivity contribution in [2.45, 2.75) is 19.0 Å². The second-order valence-corrected chi connectivity index (χ2v) is 5.67. The van der Waals surface area contributed by atoms with Gasteiger partial charge in [0, 0.05) is 25.3 Å². The van der Waals surface area contributed by atoms with Crippen molar-refractivity contribution in [1.82, 2.24) is 10.2 Å². The molecule has 6 heteroatoms. The van der Waals surface area contributed by atoms with Crippen LogP contribution >= 0.6 is 11.8 Å². The van der Waals surface area contributed by atoms with E-state index in [1.165, 1.54) is 4.90 Å². The molecule has 0 saturated carbocycles. The van der Waals surface area contributed by atoms with E-state index in [1.54, 1.807) is 11.8 Å². The van der Waals surface area contributed by atoms with Crippen LogP contribution in [0, 0.1) is 0 Å². The number of rotatable bonds is 4. The van der Waals surface area contributed by atoms with E-state index < -0.39 is 12.0 Å². The maximum atomic E-state index is 12.1. The lowest BCUT2D eigenvalue weighted by molar-refractivity contribution is -0.142. The molecule has 2 rings (SSSR count). The highest BCUT2D eigenvalue weighted by Crippen LogP contribution is 2.23. The molecule has 0 aliphatic carbocycles. The van der Waals surface area contributed by atoms with E-state index in [4.69, 9.17) is 0 Å². The number of carboxylic acid groups (broad SMARTS) is 1. The third-order valence-electron chi connectivity index (χ3n) is 3.38. The number of thioether (sulfide) groups is 1. The fourth-order valence-electron chi connectivity index (χ4n) is 2.32. The molecule has 5 nitrogen and oxygen atoms in total. The first-order valence-corrected chi connectivity index (χ1v) is 7.86. The van der Waals surface area contributed by atoms with Crippen molar-refractivity contribution in [3.63, 3.8) is 0 Å². The van der Waals surface area contributed by atoms with Crippen LogP contribution in [0.2, 0.25) is 0 Å². The number of carbonyl (C=O) groups is 2. The summed E-state index contributed by atoms with van der Waals surface area (Å²) in [4.78, 5) is 24.9. The fraction of sp³-hybridized carbons (Fsp3) is 0.429. The summed E-state index contributed by atoms with van der Waals surface area (Å²) in [5.74, 6) is -0.145. The van der Waals surface area contributed by atoms with Crippen molar-refractivity contribution in [2.75, 3.05) is 18.6 Å². The van der Waals surface area contributed by atoms with Gasteiger partial charge in [0.25, 0.3) is 0 Å². The van der Waals surface area contributed by atoms with E-state index in [0.717, 1.165) is 16.9 Å². The first kappa shape index (κ1) is 14.7. The molecule has 0 bridgehead atoms. The average molecular weight is 294 g/mol. The second-order valence-electron chi connectivity index (χ2n) is 4.68. The Morgan fingerprint density at radius 2 is 2.10 bits per heavy atom. The molecule has 0 spiro atoms. The average Bonchev–Trinajstić information content (AvgIpc) is 2.46. The van der Waals surface area contributed by atoms with Gasteiger partial charge >= 0.3 is 12.0 Å².